The van der Waals surface area contributed by atoms with Gasteiger partial charge in [0.05, 0.1) is 17.8 Å². The number of rotatable bonds is 3. The third-order valence-electron chi connectivity index (χ3n) is 4.13. The molecule has 0 spiro atoms. The van der Waals surface area contributed by atoms with E-state index in [2.05, 4.69) is 15.9 Å². The van der Waals surface area contributed by atoms with E-state index in [0.717, 1.165) is 10.0 Å². The lowest BCUT2D eigenvalue weighted by Crippen LogP contribution is -2.41. The van der Waals surface area contributed by atoms with Crippen LogP contribution in [0.1, 0.15) is 33.3 Å². The van der Waals surface area contributed by atoms with Crippen molar-refractivity contribution in [3.05, 3.63) is 33.7 Å². The van der Waals surface area contributed by atoms with Crippen molar-refractivity contribution in [2.24, 2.45) is 0 Å². The molecule has 1 heterocycles. The Balaban J connectivity index is 2.33. The first kappa shape index (κ1) is 16.6. The van der Waals surface area contributed by atoms with Gasteiger partial charge in [0, 0.05) is 10.2 Å². The van der Waals surface area contributed by atoms with Gasteiger partial charge in [-0.05, 0) is 56.9 Å². The molecule has 0 radical (unpaired) electrons. The number of nitrogen functional groups attached to an aromatic ring is 1. The van der Waals surface area contributed by atoms with Gasteiger partial charge < -0.3 is 20.1 Å². The molecule has 0 unspecified atom stereocenters. The van der Waals surface area contributed by atoms with Crippen LogP contribution >= 0.6 is 15.9 Å². The van der Waals surface area contributed by atoms with E-state index in [1.807, 2.05) is 52.0 Å². The summed E-state index contributed by atoms with van der Waals surface area (Å²) in [5.41, 5.74) is 7.21. The third-order valence-corrected chi connectivity index (χ3v) is 4.62. The average molecular weight is 354 g/mol. The van der Waals surface area contributed by atoms with E-state index in [1.54, 1.807) is 0 Å². The molecule has 0 atom stereocenters. The molecule has 4 nitrogen and oxygen atoms in total. The van der Waals surface area contributed by atoms with Crippen LogP contribution in [0.4, 0.5) is 5.69 Å². The van der Waals surface area contributed by atoms with Crippen molar-refractivity contribution in [3.8, 4) is 0 Å². The van der Waals surface area contributed by atoms with Gasteiger partial charge in [-0.3, -0.25) is 0 Å². The first-order valence-corrected chi connectivity index (χ1v) is 7.67. The minimum absolute atomic E-state index is 0.150. The zero-order valence-electron chi connectivity index (χ0n) is 12.8. The van der Waals surface area contributed by atoms with E-state index < -0.39 is 18.3 Å². The highest BCUT2D eigenvalue weighted by molar-refractivity contribution is 9.10. The van der Waals surface area contributed by atoms with E-state index in [-0.39, 0.29) is 6.61 Å². The summed E-state index contributed by atoms with van der Waals surface area (Å²) >= 11 is 3.42. The number of benzene rings is 1. The lowest BCUT2D eigenvalue weighted by atomic mass is 9.77. The summed E-state index contributed by atoms with van der Waals surface area (Å²) in [6, 6.07) is 5.59. The Morgan fingerprint density at radius 3 is 2.38 bits per heavy atom. The van der Waals surface area contributed by atoms with Crippen LogP contribution in [0, 0.1) is 0 Å². The number of hydrogen-bond donors (Lipinski definition) is 2. The van der Waals surface area contributed by atoms with Crippen LogP contribution in [0.3, 0.4) is 0 Å². The van der Waals surface area contributed by atoms with E-state index in [1.165, 1.54) is 0 Å². The lowest BCUT2D eigenvalue weighted by Gasteiger charge is -2.32. The number of aliphatic hydroxyl groups excluding tert-OH is 1. The molecular weight excluding hydrogens is 333 g/mol. The Morgan fingerprint density at radius 2 is 1.86 bits per heavy atom. The highest BCUT2D eigenvalue weighted by Crippen LogP contribution is 2.39. The number of halogens is 1. The maximum atomic E-state index is 9.67. The van der Waals surface area contributed by atoms with Crippen molar-refractivity contribution in [1.82, 2.24) is 0 Å². The summed E-state index contributed by atoms with van der Waals surface area (Å²) in [4.78, 5) is 0. The van der Waals surface area contributed by atoms with E-state index >= 15 is 0 Å². The normalized spacial score (nSPS) is 20.9. The van der Waals surface area contributed by atoms with Crippen molar-refractivity contribution < 1.29 is 14.4 Å². The molecule has 1 fully saturated rings. The second-order valence-electron chi connectivity index (χ2n) is 6.24. The molecule has 1 aliphatic rings. The molecule has 6 heteroatoms. The molecule has 0 bridgehead atoms. The fraction of sp³-hybridized carbons (Fsp3) is 0.467. The smallest absolute Gasteiger partial charge is 0.400 e. The van der Waals surface area contributed by atoms with Gasteiger partial charge in [0.15, 0.2) is 0 Å². The molecule has 114 valence electrons. The lowest BCUT2D eigenvalue weighted by molar-refractivity contribution is 0.00578. The molecule has 1 saturated heterocycles. The van der Waals surface area contributed by atoms with Crippen molar-refractivity contribution >= 4 is 34.8 Å². The number of anilines is 1. The first-order valence-electron chi connectivity index (χ1n) is 6.88. The van der Waals surface area contributed by atoms with Gasteiger partial charge in [-0.25, -0.2) is 0 Å². The molecule has 1 aromatic carbocycles. The molecule has 0 aromatic heterocycles. The predicted molar refractivity (Wildman–Crippen MR) is 89.7 cm³/mol. The fourth-order valence-electron chi connectivity index (χ4n) is 2.05. The third kappa shape index (κ3) is 3.34. The van der Waals surface area contributed by atoms with E-state index in [0.29, 0.717) is 11.2 Å². The minimum atomic E-state index is -0.571. The van der Waals surface area contributed by atoms with Gasteiger partial charge in [-0.1, -0.05) is 22.0 Å². The molecule has 1 aliphatic heterocycles. The largest absolute Gasteiger partial charge is 0.492 e. The maximum Gasteiger partial charge on any atom is 0.492 e. The van der Waals surface area contributed by atoms with Gasteiger partial charge in [-0.2, -0.15) is 0 Å². The second kappa shape index (κ2) is 5.76. The van der Waals surface area contributed by atoms with Gasteiger partial charge in [0.2, 0.25) is 0 Å². The number of hydrogen-bond acceptors (Lipinski definition) is 4. The Labute approximate surface area is 134 Å². The SMILES string of the molecule is CC1(C)OB(C(=Cc2cc(Br)ccc2N)CO)OC1(C)C. The van der Waals surface area contributed by atoms with Crippen molar-refractivity contribution in [2.45, 2.75) is 38.9 Å². The summed E-state index contributed by atoms with van der Waals surface area (Å²) < 4.78 is 12.8. The van der Waals surface area contributed by atoms with E-state index in [9.17, 15) is 5.11 Å². The predicted octanol–water partition coefficient (Wildman–Crippen LogP) is 3.04. The minimum Gasteiger partial charge on any atom is -0.400 e. The van der Waals surface area contributed by atoms with Crippen LogP contribution < -0.4 is 5.73 Å². The Morgan fingerprint density at radius 1 is 1.29 bits per heavy atom. The number of nitrogens with two attached hydrogens (primary N) is 1. The molecule has 21 heavy (non-hydrogen) atoms. The Hall–Kier alpha value is -0.815. The molecule has 0 aliphatic carbocycles. The maximum absolute atomic E-state index is 9.67. The van der Waals surface area contributed by atoms with Crippen molar-refractivity contribution in [2.75, 3.05) is 12.3 Å². The fourth-order valence-corrected chi connectivity index (χ4v) is 2.43. The summed E-state index contributed by atoms with van der Waals surface area (Å²) in [5, 5.41) is 9.67. The Bertz CT molecular complexity index is 556. The van der Waals surface area contributed by atoms with Crippen LogP contribution in [0.15, 0.2) is 28.1 Å². The van der Waals surface area contributed by atoms with Crippen LogP contribution in [0.5, 0.6) is 0 Å². The van der Waals surface area contributed by atoms with Crippen molar-refractivity contribution in [1.29, 1.82) is 0 Å². The van der Waals surface area contributed by atoms with Gasteiger partial charge >= 0.3 is 7.12 Å². The summed E-state index contributed by atoms with van der Waals surface area (Å²) in [5.74, 6) is 0. The van der Waals surface area contributed by atoms with Crippen LogP contribution in [-0.4, -0.2) is 30.0 Å². The highest BCUT2D eigenvalue weighted by Gasteiger charge is 2.52. The molecule has 1 aromatic rings. The molecule has 3 N–H and O–H groups in total. The van der Waals surface area contributed by atoms with Gasteiger partial charge in [0.1, 0.15) is 0 Å². The Kier molecular flexibility index (Phi) is 4.54. The van der Waals surface area contributed by atoms with Crippen LogP contribution in [0.2, 0.25) is 0 Å². The molecular formula is C15H21BBrNO3. The molecule has 0 amide bonds. The zero-order valence-corrected chi connectivity index (χ0v) is 14.4. The molecule has 2 rings (SSSR count). The number of aliphatic hydroxyl groups is 1. The first-order chi connectivity index (χ1) is 9.66. The second-order valence-corrected chi connectivity index (χ2v) is 7.15. The summed E-state index contributed by atoms with van der Waals surface area (Å²) in [6.45, 7) is 7.78. The van der Waals surface area contributed by atoms with Gasteiger partial charge in [0.25, 0.3) is 0 Å². The van der Waals surface area contributed by atoms with Crippen LogP contribution in [0.25, 0.3) is 6.08 Å². The standard InChI is InChI=1S/C15H21BBrNO3/c1-14(2)15(3,4)21-16(20-14)11(9-19)7-10-8-12(17)5-6-13(10)18/h5-8,19H,9,18H2,1-4H3. The topological polar surface area (TPSA) is 64.7 Å². The summed E-state index contributed by atoms with van der Waals surface area (Å²) in [7, 11) is -0.571. The van der Waals surface area contributed by atoms with E-state index in [4.69, 9.17) is 15.0 Å². The van der Waals surface area contributed by atoms with Crippen LogP contribution in [-0.2, 0) is 9.31 Å². The monoisotopic (exact) mass is 353 g/mol. The average Bonchev–Trinajstić information content (AvgIpc) is 2.59. The highest BCUT2D eigenvalue weighted by atomic mass is 79.9. The quantitative estimate of drug-likeness (QED) is 0.647. The summed E-state index contributed by atoms with van der Waals surface area (Å²) in [6.07, 6.45) is 1.82. The molecule has 0 saturated carbocycles. The zero-order chi connectivity index (χ0) is 15.8. The van der Waals surface area contributed by atoms with Gasteiger partial charge in [-0.15, -0.1) is 0 Å². The van der Waals surface area contributed by atoms with Crippen molar-refractivity contribution in [3.63, 3.8) is 0 Å².